The number of aliphatic hydroxyl groups is 1. The van der Waals surface area contributed by atoms with Crippen molar-refractivity contribution < 1.29 is 27.1 Å². The Hall–Kier alpha value is -1.54. The fraction of sp³-hybridized carbons (Fsp3) is 0.368. The van der Waals surface area contributed by atoms with Crippen LogP contribution in [0.15, 0.2) is 59.5 Å². The number of aryl methyl sites for hydroxylation is 1. The minimum absolute atomic E-state index is 0.0880. The highest BCUT2D eigenvalue weighted by molar-refractivity contribution is 7.89. The number of hydrogen-bond acceptors (Lipinski definition) is 6. The molecule has 0 radical (unpaired) electrons. The number of nitrogens with one attached hydrogen (secondary N) is 1. The van der Waals surface area contributed by atoms with Gasteiger partial charge in [0.25, 0.3) is 0 Å². The Kier molecular flexibility index (Phi) is 7.95. The van der Waals surface area contributed by atoms with E-state index < -0.39 is 29.8 Å². The summed E-state index contributed by atoms with van der Waals surface area (Å²) >= 11 is 0. The van der Waals surface area contributed by atoms with Crippen LogP contribution in [0.1, 0.15) is 11.1 Å². The lowest BCUT2D eigenvalue weighted by atomic mass is 10.0. The summed E-state index contributed by atoms with van der Waals surface area (Å²) in [7, 11) is -4.97. The maximum Gasteiger partial charge on any atom is 0.332 e. The van der Waals surface area contributed by atoms with Crippen LogP contribution in [0.4, 0.5) is 0 Å². The van der Waals surface area contributed by atoms with Gasteiger partial charge < -0.3 is 14.2 Å². The Morgan fingerprint density at radius 1 is 1.04 bits per heavy atom. The van der Waals surface area contributed by atoms with Crippen LogP contribution in [0.5, 0.6) is 0 Å². The van der Waals surface area contributed by atoms with Crippen LogP contribution in [0, 0.1) is 6.92 Å². The molecule has 0 heterocycles. The summed E-state index contributed by atoms with van der Waals surface area (Å²) in [6, 6.07) is 14.6. The first-order valence-corrected chi connectivity index (χ1v) is 11.9. The van der Waals surface area contributed by atoms with E-state index in [0.29, 0.717) is 0 Å². The molecule has 0 fully saturated rings. The first kappa shape index (κ1) is 22.7. The van der Waals surface area contributed by atoms with Gasteiger partial charge in [-0.25, -0.2) is 13.1 Å². The molecule has 0 unspecified atom stereocenters. The van der Waals surface area contributed by atoms with Gasteiger partial charge in [0.1, 0.15) is 0 Å². The van der Waals surface area contributed by atoms with Gasteiger partial charge in [-0.1, -0.05) is 48.0 Å². The predicted octanol–water partition coefficient (Wildman–Crippen LogP) is 2.73. The summed E-state index contributed by atoms with van der Waals surface area (Å²) in [6.07, 6.45) is -1.42. The van der Waals surface area contributed by atoms with E-state index in [9.17, 15) is 18.1 Å². The Morgan fingerprint density at radius 3 is 2.14 bits per heavy atom. The lowest BCUT2D eigenvalue weighted by molar-refractivity contribution is 0.146. The lowest BCUT2D eigenvalue weighted by Crippen LogP contribution is -2.46. The fourth-order valence-electron chi connectivity index (χ4n) is 2.69. The average molecular weight is 427 g/mol. The zero-order valence-corrected chi connectivity index (χ0v) is 17.8. The number of aliphatic hydroxyl groups excluding tert-OH is 1. The molecule has 0 aliphatic rings. The lowest BCUT2D eigenvalue weighted by Gasteiger charge is -2.26. The largest absolute Gasteiger partial charge is 0.391 e. The molecule has 0 aliphatic carbocycles. The molecule has 0 aromatic heterocycles. The third kappa shape index (κ3) is 6.24. The van der Waals surface area contributed by atoms with Crippen molar-refractivity contribution in [2.24, 2.45) is 0 Å². The molecule has 2 aromatic rings. The Morgan fingerprint density at radius 2 is 1.61 bits per heavy atom. The van der Waals surface area contributed by atoms with Crippen LogP contribution < -0.4 is 4.72 Å². The second kappa shape index (κ2) is 9.78. The monoisotopic (exact) mass is 427 g/mol. The molecule has 2 N–H and O–H groups in total. The van der Waals surface area contributed by atoms with Gasteiger partial charge in [0.05, 0.1) is 23.2 Å². The third-order valence-corrected chi connectivity index (χ3v) is 7.81. The van der Waals surface area contributed by atoms with E-state index in [-0.39, 0.29) is 17.5 Å². The van der Waals surface area contributed by atoms with Crippen LogP contribution in [0.3, 0.4) is 0 Å². The average Bonchev–Trinajstić information content (AvgIpc) is 2.68. The second-order valence-electron chi connectivity index (χ2n) is 6.46. The Balaban J connectivity index is 2.29. The zero-order valence-electron chi connectivity index (χ0n) is 16.1. The summed E-state index contributed by atoms with van der Waals surface area (Å²) in [6.45, 7) is 1.86. The van der Waals surface area contributed by atoms with E-state index in [2.05, 4.69) is 4.72 Å². The molecule has 0 amide bonds. The highest BCUT2D eigenvalue weighted by Crippen LogP contribution is 2.47. The number of sulfonamides is 1. The van der Waals surface area contributed by atoms with Crippen molar-refractivity contribution in [2.75, 3.05) is 20.4 Å². The van der Waals surface area contributed by atoms with Crippen molar-refractivity contribution in [2.45, 2.75) is 30.4 Å². The molecule has 9 heteroatoms. The molecule has 2 rings (SSSR count). The van der Waals surface area contributed by atoms with E-state index in [1.165, 1.54) is 26.4 Å². The van der Waals surface area contributed by atoms with Crippen molar-refractivity contribution in [3.63, 3.8) is 0 Å². The van der Waals surface area contributed by atoms with Gasteiger partial charge in [-0.05, 0) is 31.0 Å². The smallest absolute Gasteiger partial charge is 0.332 e. The van der Waals surface area contributed by atoms with Gasteiger partial charge in [0.2, 0.25) is 10.0 Å². The molecule has 0 aliphatic heterocycles. The molecular weight excluding hydrogens is 401 g/mol. The van der Waals surface area contributed by atoms with Crippen molar-refractivity contribution in [3.05, 3.63) is 65.7 Å². The Bertz CT molecular complexity index is 894. The molecule has 28 heavy (non-hydrogen) atoms. The second-order valence-corrected chi connectivity index (χ2v) is 10.5. The molecule has 0 saturated heterocycles. The van der Waals surface area contributed by atoms with Crippen molar-refractivity contribution >= 4 is 17.6 Å². The van der Waals surface area contributed by atoms with Crippen molar-refractivity contribution in [1.29, 1.82) is 0 Å². The summed E-state index contributed by atoms with van der Waals surface area (Å²) < 4.78 is 50.3. The van der Waals surface area contributed by atoms with Crippen LogP contribution in [0.25, 0.3) is 0 Å². The topological polar surface area (TPSA) is 102 Å². The number of benzene rings is 2. The third-order valence-electron chi connectivity index (χ3n) is 4.37. The van der Waals surface area contributed by atoms with Crippen molar-refractivity contribution in [3.8, 4) is 0 Å². The van der Waals surface area contributed by atoms with E-state index in [0.717, 1.165) is 11.1 Å². The molecule has 0 spiro atoms. The fourth-order valence-corrected chi connectivity index (χ4v) is 5.12. The van der Waals surface area contributed by atoms with Gasteiger partial charge in [0, 0.05) is 14.2 Å². The molecule has 2 aromatic carbocycles. The molecule has 2 atom stereocenters. The highest BCUT2D eigenvalue weighted by Gasteiger charge is 2.33. The van der Waals surface area contributed by atoms with Crippen LogP contribution in [-0.4, -0.2) is 46.1 Å². The van der Waals surface area contributed by atoms with Crippen LogP contribution >= 0.6 is 7.60 Å². The van der Waals surface area contributed by atoms with Gasteiger partial charge in [-0.3, -0.25) is 4.57 Å². The molecule has 154 valence electrons. The standard InChI is InChI=1S/C19H26NO6PS/c1-15-9-11-17(12-10-15)28(23,24)20-18(13-16-7-5-4-6-8-16)19(21)14-27(22,25-2)26-3/h4-12,18-21H,13-14H2,1-3H3/t18-,19-/m0/s1. The normalized spacial score (nSPS) is 14.6. The van der Waals surface area contributed by atoms with Gasteiger partial charge in [-0.2, -0.15) is 0 Å². The summed E-state index contributed by atoms with van der Waals surface area (Å²) in [4.78, 5) is 0.0880. The van der Waals surface area contributed by atoms with Gasteiger partial charge in [0.15, 0.2) is 0 Å². The maximum absolute atomic E-state index is 12.8. The van der Waals surface area contributed by atoms with Crippen LogP contribution in [0.2, 0.25) is 0 Å². The van der Waals surface area contributed by atoms with E-state index >= 15 is 0 Å². The molecule has 7 nitrogen and oxygen atoms in total. The molecule has 0 bridgehead atoms. The SMILES string of the molecule is COP(=O)(C[C@H](O)[C@H](Cc1ccccc1)NS(=O)(=O)c1ccc(C)cc1)OC. The minimum Gasteiger partial charge on any atom is -0.391 e. The predicted molar refractivity (Wildman–Crippen MR) is 108 cm³/mol. The van der Waals surface area contributed by atoms with Gasteiger partial charge >= 0.3 is 7.60 Å². The highest BCUT2D eigenvalue weighted by atomic mass is 32.2. The van der Waals surface area contributed by atoms with E-state index in [1.807, 2.05) is 37.3 Å². The summed E-state index contributed by atoms with van der Waals surface area (Å²) in [5, 5.41) is 10.7. The van der Waals surface area contributed by atoms with Crippen LogP contribution in [-0.2, 0) is 30.1 Å². The first-order chi connectivity index (χ1) is 13.2. The first-order valence-electron chi connectivity index (χ1n) is 8.70. The molecule has 0 saturated carbocycles. The number of rotatable bonds is 10. The Labute approximate surface area is 166 Å². The summed E-state index contributed by atoms with van der Waals surface area (Å²) in [5.41, 5.74) is 1.75. The summed E-state index contributed by atoms with van der Waals surface area (Å²) in [5.74, 6) is 0. The van der Waals surface area contributed by atoms with E-state index in [1.54, 1.807) is 12.1 Å². The van der Waals surface area contributed by atoms with Gasteiger partial charge in [-0.15, -0.1) is 0 Å². The molecular formula is C19H26NO6PS. The van der Waals surface area contributed by atoms with E-state index in [4.69, 9.17) is 9.05 Å². The minimum atomic E-state index is -3.89. The van der Waals surface area contributed by atoms with Crippen molar-refractivity contribution in [1.82, 2.24) is 4.72 Å². The zero-order chi connectivity index (χ0) is 20.8. The maximum atomic E-state index is 12.8. The quantitative estimate of drug-likeness (QED) is 0.566. The number of hydrogen-bond donors (Lipinski definition) is 2.